The predicted octanol–water partition coefficient (Wildman–Crippen LogP) is 0.673. The van der Waals surface area contributed by atoms with Gasteiger partial charge in [-0.2, -0.15) is 4.72 Å². The lowest BCUT2D eigenvalue weighted by molar-refractivity contribution is -0.135. The Kier molecular flexibility index (Phi) is 3.83. The van der Waals surface area contributed by atoms with Crippen LogP contribution in [0.5, 0.6) is 0 Å². The highest BCUT2D eigenvalue weighted by Crippen LogP contribution is 2.21. The van der Waals surface area contributed by atoms with Gasteiger partial charge in [-0.1, -0.05) is 6.92 Å². The molecule has 0 atom stereocenters. The maximum Gasteiger partial charge on any atom is 0.318 e. The molecule has 0 saturated carbocycles. The van der Waals surface area contributed by atoms with Gasteiger partial charge in [0.15, 0.2) is 0 Å². The number of thiophene rings is 1. The minimum atomic E-state index is -3.66. The van der Waals surface area contributed by atoms with E-state index in [2.05, 4.69) is 0 Å². The third kappa shape index (κ3) is 3.29. The molecule has 0 spiro atoms. The monoisotopic (exact) mass is 249 g/mol. The highest BCUT2D eigenvalue weighted by atomic mass is 32.2. The maximum atomic E-state index is 11.5. The van der Waals surface area contributed by atoms with Crippen molar-refractivity contribution in [3.63, 3.8) is 0 Å². The molecule has 0 fully saturated rings. The van der Waals surface area contributed by atoms with E-state index in [9.17, 15) is 13.2 Å². The number of carboxylic acids is 1. The Morgan fingerprint density at radius 2 is 2.20 bits per heavy atom. The van der Waals surface area contributed by atoms with E-state index in [4.69, 9.17) is 5.11 Å². The summed E-state index contributed by atoms with van der Waals surface area (Å²) in [5.74, 6) is -1.20. The highest BCUT2D eigenvalue weighted by molar-refractivity contribution is 7.91. The van der Waals surface area contributed by atoms with Gasteiger partial charge in [-0.25, -0.2) is 8.42 Å². The Hall–Kier alpha value is -0.920. The van der Waals surface area contributed by atoms with Crippen LogP contribution in [0.15, 0.2) is 16.3 Å². The zero-order valence-corrected chi connectivity index (χ0v) is 9.69. The summed E-state index contributed by atoms with van der Waals surface area (Å²) in [6.45, 7) is 1.33. The molecule has 0 amide bonds. The van der Waals surface area contributed by atoms with Crippen LogP contribution in [0.25, 0.3) is 0 Å². The Morgan fingerprint density at radius 1 is 1.53 bits per heavy atom. The molecule has 15 heavy (non-hydrogen) atoms. The summed E-state index contributed by atoms with van der Waals surface area (Å²) in [6.07, 6.45) is 0.763. The van der Waals surface area contributed by atoms with Gasteiger partial charge in [-0.3, -0.25) is 4.79 Å². The van der Waals surface area contributed by atoms with Crippen molar-refractivity contribution in [3.05, 3.63) is 17.0 Å². The molecule has 0 aliphatic rings. The van der Waals surface area contributed by atoms with Gasteiger partial charge < -0.3 is 5.11 Å². The Morgan fingerprint density at radius 3 is 2.67 bits per heavy atom. The van der Waals surface area contributed by atoms with Gasteiger partial charge in [0.1, 0.15) is 10.8 Å². The molecule has 1 heterocycles. The van der Waals surface area contributed by atoms with Gasteiger partial charge in [0, 0.05) is 4.88 Å². The van der Waals surface area contributed by atoms with Crippen molar-refractivity contribution in [2.24, 2.45) is 0 Å². The average Bonchev–Trinajstić information content (AvgIpc) is 2.63. The number of rotatable bonds is 5. The summed E-state index contributed by atoms with van der Waals surface area (Å²) in [5.41, 5.74) is 0. The summed E-state index contributed by atoms with van der Waals surface area (Å²) in [6, 6.07) is 3.20. The minimum absolute atomic E-state index is 0.153. The smallest absolute Gasteiger partial charge is 0.318 e. The number of aryl methyl sites for hydroxylation is 1. The molecule has 1 aromatic rings. The summed E-state index contributed by atoms with van der Waals surface area (Å²) in [5, 5.41) is 8.35. The minimum Gasteiger partial charge on any atom is -0.480 e. The third-order valence-corrected chi connectivity index (χ3v) is 4.79. The fourth-order valence-electron chi connectivity index (χ4n) is 0.921. The lowest BCUT2D eigenvalue weighted by atomic mass is 10.4. The standard InChI is InChI=1S/C8H11NO4S2/c1-2-6-3-4-8(14-6)15(12,13)9-5-7(10)11/h3-4,9H,2,5H2,1H3,(H,10,11). The van der Waals surface area contributed by atoms with E-state index in [0.29, 0.717) is 0 Å². The van der Waals surface area contributed by atoms with Gasteiger partial charge >= 0.3 is 5.97 Å². The van der Waals surface area contributed by atoms with Gasteiger partial charge in [0.2, 0.25) is 0 Å². The van der Waals surface area contributed by atoms with Gasteiger partial charge in [0.05, 0.1) is 0 Å². The van der Waals surface area contributed by atoms with Crippen LogP contribution in [-0.4, -0.2) is 26.0 Å². The van der Waals surface area contributed by atoms with Crippen LogP contribution in [0.4, 0.5) is 0 Å². The molecular formula is C8H11NO4S2. The van der Waals surface area contributed by atoms with Crippen molar-refractivity contribution in [2.45, 2.75) is 17.6 Å². The first kappa shape index (κ1) is 12.2. The van der Waals surface area contributed by atoms with Crippen molar-refractivity contribution in [1.82, 2.24) is 4.72 Å². The molecule has 7 heteroatoms. The SMILES string of the molecule is CCc1ccc(S(=O)(=O)NCC(=O)O)s1. The molecule has 0 aliphatic carbocycles. The number of hydrogen-bond donors (Lipinski definition) is 2. The van der Waals surface area contributed by atoms with Crippen LogP contribution in [0.2, 0.25) is 0 Å². The summed E-state index contributed by atoms with van der Waals surface area (Å²) in [7, 11) is -3.66. The molecule has 1 aromatic heterocycles. The number of sulfonamides is 1. The molecule has 0 unspecified atom stereocenters. The fourth-order valence-corrected chi connectivity index (χ4v) is 3.24. The maximum absolute atomic E-state index is 11.5. The molecular weight excluding hydrogens is 238 g/mol. The van der Waals surface area contributed by atoms with E-state index < -0.39 is 22.5 Å². The summed E-state index contributed by atoms with van der Waals surface area (Å²) < 4.78 is 25.2. The number of carbonyl (C=O) groups is 1. The molecule has 0 aliphatic heterocycles. The van der Waals surface area contributed by atoms with Crippen LogP contribution in [0, 0.1) is 0 Å². The second-order valence-electron chi connectivity index (χ2n) is 2.79. The van der Waals surface area contributed by atoms with E-state index >= 15 is 0 Å². The number of hydrogen-bond acceptors (Lipinski definition) is 4. The Bertz CT molecular complexity index is 449. The second kappa shape index (κ2) is 4.73. The van der Waals surface area contributed by atoms with E-state index in [1.165, 1.54) is 6.07 Å². The van der Waals surface area contributed by atoms with Crippen LogP contribution < -0.4 is 4.72 Å². The lowest BCUT2D eigenvalue weighted by Crippen LogP contribution is -2.28. The van der Waals surface area contributed by atoms with Crippen LogP contribution >= 0.6 is 11.3 Å². The molecule has 0 saturated heterocycles. The average molecular weight is 249 g/mol. The van der Waals surface area contributed by atoms with Crippen molar-refractivity contribution in [1.29, 1.82) is 0 Å². The Labute approximate surface area is 91.8 Å². The second-order valence-corrected chi connectivity index (χ2v) is 5.95. The molecule has 2 N–H and O–H groups in total. The van der Waals surface area contributed by atoms with Crippen molar-refractivity contribution in [3.8, 4) is 0 Å². The predicted molar refractivity (Wildman–Crippen MR) is 56.5 cm³/mol. The van der Waals surface area contributed by atoms with Gasteiger partial charge in [0.25, 0.3) is 10.0 Å². The van der Waals surface area contributed by atoms with E-state index in [1.54, 1.807) is 6.07 Å². The first-order chi connectivity index (χ1) is 6.95. The highest BCUT2D eigenvalue weighted by Gasteiger charge is 2.17. The quantitative estimate of drug-likeness (QED) is 0.803. The van der Waals surface area contributed by atoms with Crippen molar-refractivity contribution in [2.75, 3.05) is 6.54 Å². The number of nitrogens with one attached hydrogen (secondary N) is 1. The lowest BCUT2D eigenvalue weighted by Gasteiger charge is -2.00. The van der Waals surface area contributed by atoms with Crippen LogP contribution in [-0.2, 0) is 21.2 Å². The summed E-state index contributed by atoms with van der Waals surface area (Å²) >= 11 is 1.15. The largest absolute Gasteiger partial charge is 0.480 e. The van der Waals surface area contributed by atoms with E-state index in [0.717, 1.165) is 22.6 Å². The molecule has 5 nitrogen and oxygen atoms in total. The van der Waals surface area contributed by atoms with Gasteiger partial charge in [-0.05, 0) is 18.6 Å². The number of aliphatic carboxylic acids is 1. The molecule has 0 radical (unpaired) electrons. The van der Waals surface area contributed by atoms with E-state index in [-0.39, 0.29) is 4.21 Å². The molecule has 84 valence electrons. The number of carboxylic acid groups (broad SMARTS) is 1. The zero-order valence-electron chi connectivity index (χ0n) is 8.06. The van der Waals surface area contributed by atoms with Gasteiger partial charge in [-0.15, -0.1) is 11.3 Å². The van der Waals surface area contributed by atoms with Crippen molar-refractivity contribution >= 4 is 27.3 Å². The normalized spacial score (nSPS) is 11.5. The third-order valence-electron chi connectivity index (χ3n) is 1.66. The van der Waals surface area contributed by atoms with E-state index in [1.807, 2.05) is 11.6 Å². The Balaban J connectivity index is 2.81. The first-order valence-electron chi connectivity index (χ1n) is 4.26. The van der Waals surface area contributed by atoms with Crippen LogP contribution in [0.1, 0.15) is 11.8 Å². The van der Waals surface area contributed by atoms with Crippen LogP contribution in [0.3, 0.4) is 0 Å². The topological polar surface area (TPSA) is 83.5 Å². The first-order valence-corrected chi connectivity index (χ1v) is 6.56. The fraction of sp³-hybridized carbons (Fsp3) is 0.375. The molecule has 0 aromatic carbocycles. The summed E-state index contributed by atoms with van der Waals surface area (Å²) in [4.78, 5) is 11.2. The zero-order chi connectivity index (χ0) is 11.5. The van der Waals surface area contributed by atoms with Crippen molar-refractivity contribution < 1.29 is 18.3 Å². The molecule has 1 rings (SSSR count). The molecule has 0 bridgehead atoms.